The van der Waals surface area contributed by atoms with E-state index in [1.165, 1.54) is 5.57 Å². The Labute approximate surface area is 310 Å². The molecule has 0 radical (unpaired) electrons. The lowest BCUT2D eigenvalue weighted by Gasteiger charge is -2.15. The molecule has 1 aliphatic carbocycles. The molecule has 4 aromatic heterocycles. The molecular formula is C44H34Cl2N4O2. The molecule has 0 spiro atoms. The van der Waals surface area contributed by atoms with Gasteiger partial charge in [-0.05, 0) is 78.6 Å². The van der Waals surface area contributed by atoms with E-state index >= 15 is 0 Å². The van der Waals surface area contributed by atoms with E-state index in [1.54, 1.807) is 27.5 Å². The lowest BCUT2D eigenvalue weighted by molar-refractivity contribution is 1.04. The van der Waals surface area contributed by atoms with Crippen LogP contribution >= 0.6 is 23.2 Å². The molecule has 0 saturated heterocycles. The van der Waals surface area contributed by atoms with Gasteiger partial charge in [-0.3, -0.25) is 18.7 Å². The summed E-state index contributed by atoms with van der Waals surface area (Å²) in [5.41, 5.74) is 5.78. The van der Waals surface area contributed by atoms with Crippen molar-refractivity contribution >= 4 is 72.3 Å². The highest BCUT2D eigenvalue weighted by Crippen LogP contribution is 2.28. The lowest BCUT2D eigenvalue weighted by Crippen LogP contribution is -2.20. The van der Waals surface area contributed by atoms with Gasteiger partial charge in [0.25, 0.3) is 11.1 Å². The van der Waals surface area contributed by atoms with Crippen LogP contribution in [0.15, 0.2) is 155 Å². The second-order valence-corrected chi connectivity index (χ2v) is 12.7. The number of nitrogens with zero attached hydrogens (tertiary/aromatic N) is 4. The van der Waals surface area contributed by atoms with E-state index in [1.807, 2.05) is 111 Å². The Morgan fingerprint density at radius 3 is 1.94 bits per heavy atom. The molecule has 0 saturated carbocycles. The molecular weight excluding hydrogens is 687 g/mol. The Morgan fingerprint density at radius 1 is 0.577 bits per heavy atom. The zero-order valence-corrected chi connectivity index (χ0v) is 30.1. The van der Waals surface area contributed by atoms with Crippen LogP contribution in [-0.4, -0.2) is 19.1 Å². The van der Waals surface area contributed by atoms with E-state index in [9.17, 15) is 9.59 Å². The second kappa shape index (κ2) is 15.2. The fourth-order valence-corrected chi connectivity index (χ4v) is 6.92. The molecule has 6 nitrogen and oxygen atoms in total. The van der Waals surface area contributed by atoms with Crippen LogP contribution in [0.2, 0.25) is 10.3 Å². The Balaban J connectivity index is 0.000000159. The third-order valence-electron chi connectivity index (χ3n) is 8.89. The fourth-order valence-electron chi connectivity index (χ4n) is 6.62. The molecule has 8 aromatic rings. The van der Waals surface area contributed by atoms with Gasteiger partial charge in [0.1, 0.15) is 15.8 Å². The van der Waals surface area contributed by atoms with Crippen molar-refractivity contribution in [3.05, 3.63) is 182 Å². The molecule has 0 atom stereocenters. The molecule has 0 N–H and O–H groups in total. The highest BCUT2D eigenvalue weighted by Gasteiger charge is 2.15. The normalized spacial score (nSPS) is 12.3. The first-order chi connectivity index (χ1) is 25.5. The number of benzene rings is 4. The van der Waals surface area contributed by atoms with E-state index in [0.29, 0.717) is 21.2 Å². The minimum absolute atomic E-state index is 0.0933. The van der Waals surface area contributed by atoms with Crippen molar-refractivity contribution in [3.8, 4) is 11.4 Å². The maximum absolute atomic E-state index is 13.4. The van der Waals surface area contributed by atoms with Gasteiger partial charge in [0.2, 0.25) is 0 Å². The van der Waals surface area contributed by atoms with Gasteiger partial charge in [0.05, 0.1) is 16.4 Å². The molecule has 0 amide bonds. The van der Waals surface area contributed by atoms with Crippen molar-refractivity contribution in [3.63, 3.8) is 0 Å². The summed E-state index contributed by atoms with van der Waals surface area (Å²) in [5, 5.41) is 4.79. The van der Waals surface area contributed by atoms with Crippen LogP contribution in [0.1, 0.15) is 32.3 Å². The topological polar surface area (TPSA) is 69.8 Å². The van der Waals surface area contributed by atoms with E-state index in [0.717, 1.165) is 62.4 Å². The average Bonchev–Trinajstić information content (AvgIpc) is 3.20. The number of halogens is 2. The van der Waals surface area contributed by atoms with Gasteiger partial charge in [0, 0.05) is 39.1 Å². The summed E-state index contributed by atoms with van der Waals surface area (Å²) in [6, 6.07) is 38.6. The number of aromatic nitrogens is 4. The summed E-state index contributed by atoms with van der Waals surface area (Å²) in [6.45, 7) is 4.00. The van der Waals surface area contributed by atoms with Crippen LogP contribution in [0.3, 0.4) is 0 Å². The van der Waals surface area contributed by atoms with Crippen molar-refractivity contribution in [1.82, 2.24) is 19.1 Å². The summed E-state index contributed by atoms with van der Waals surface area (Å²) in [4.78, 5) is 34.8. The lowest BCUT2D eigenvalue weighted by atomic mass is 9.99. The molecule has 52 heavy (non-hydrogen) atoms. The van der Waals surface area contributed by atoms with Gasteiger partial charge in [-0.2, -0.15) is 0 Å². The molecule has 0 fully saturated rings. The zero-order valence-electron chi connectivity index (χ0n) is 28.6. The minimum atomic E-state index is -0.165. The molecule has 0 aliphatic heterocycles. The monoisotopic (exact) mass is 720 g/mol. The van der Waals surface area contributed by atoms with Gasteiger partial charge in [-0.1, -0.05) is 122 Å². The largest absolute Gasteiger partial charge is 0.282 e. The molecule has 0 bridgehead atoms. The summed E-state index contributed by atoms with van der Waals surface area (Å²) in [7, 11) is 0. The molecule has 8 heteroatoms. The van der Waals surface area contributed by atoms with Gasteiger partial charge in [-0.15, -0.1) is 0 Å². The molecule has 256 valence electrons. The maximum Gasteiger partial charge on any atom is 0.282 e. The van der Waals surface area contributed by atoms with Crippen molar-refractivity contribution in [1.29, 1.82) is 0 Å². The first kappa shape index (κ1) is 34.6. The summed E-state index contributed by atoms with van der Waals surface area (Å²) in [5.74, 6) is 0. The first-order valence-corrected chi connectivity index (χ1v) is 18.0. The van der Waals surface area contributed by atoms with E-state index < -0.39 is 0 Å². The minimum Gasteiger partial charge on any atom is -0.276 e. The van der Waals surface area contributed by atoms with Crippen LogP contribution in [0.4, 0.5) is 0 Å². The van der Waals surface area contributed by atoms with Crippen molar-refractivity contribution in [2.45, 2.75) is 26.7 Å². The number of hydrogen-bond acceptors (Lipinski definition) is 4. The highest BCUT2D eigenvalue weighted by molar-refractivity contribution is 6.30. The maximum atomic E-state index is 13.4. The summed E-state index contributed by atoms with van der Waals surface area (Å²) < 4.78 is 3.45. The molecule has 4 aromatic carbocycles. The average molecular weight is 722 g/mol. The van der Waals surface area contributed by atoms with Gasteiger partial charge < -0.3 is 0 Å². The number of allylic oxidation sites excluding steroid dienone is 4. The van der Waals surface area contributed by atoms with Gasteiger partial charge in [-0.25, -0.2) is 9.97 Å². The quantitative estimate of drug-likeness (QED) is 0.135. The number of fused-ring (bicyclic) bond motifs is 6. The van der Waals surface area contributed by atoms with E-state index in [2.05, 4.69) is 40.3 Å². The van der Waals surface area contributed by atoms with Crippen molar-refractivity contribution < 1.29 is 0 Å². The molecule has 9 rings (SSSR count). The number of rotatable bonds is 3. The molecule has 0 unspecified atom stereocenters. The van der Waals surface area contributed by atoms with Crippen LogP contribution in [0, 0.1) is 0 Å². The first-order valence-electron chi connectivity index (χ1n) is 17.2. The highest BCUT2D eigenvalue weighted by atomic mass is 35.5. The Morgan fingerprint density at radius 2 is 1.23 bits per heavy atom. The third kappa shape index (κ3) is 6.55. The summed E-state index contributed by atoms with van der Waals surface area (Å²) in [6.07, 6.45) is 10.3. The smallest absolute Gasteiger partial charge is 0.276 e. The SMILES string of the molecule is CC.O=c1c2cc(Cl)ncc2c2ccccc2n1-c1ccccc1.O=c1c2nc(Cl)ccc2c2ccccc2n1-c1cccc(C2=CCCC=C2)c1. The Hall–Kier alpha value is -5.82. The van der Waals surface area contributed by atoms with Crippen LogP contribution in [-0.2, 0) is 0 Å². The second-order valence-electron chi connectivity index (χ2n) is 11.9. The number of pyridine rings is 4. The van der Waals surface area contributed by atoms with Gasteiger partial charge in [0.15, 0.2) is 0 Å². The van der Waals surface area contributed by atoms with E-state index in [-0.39, 0.29) is 11.1 Å². The summed E-state index contributed by atoms with van der Waals surface area (Å²) >= 11 is 12.1. The van der Waals surface area contributed by atoms with Crippen molar-refractivity contribution in [2.24, 2.45) is 0 Å². The standard InChI is InChI=1S/C24H17ClN2O.C18H11ClN2O.C2H6/c25-22-14-13-20-19-11-4-5-12-21(19)27(24(28)23(20)26-22)18-10-6-9-17(15-18)16-7-2-1-3-8-16;19-17-10-14-15(11-20-17)13-8-4-5-9-16(13)21(18(14)22)12-6-2-1-3-7-12;1-2/h2,4-15H,1,3H2;1-11H;1-2H3. The third-order valence-corrected chi connectivity index (χ3v) is 9.31. The van der Waals surface area contributed by atoms with Crippen LogP contribution in [0.5, 0.6) is 0 Å². The molecule has 1 aliphatic rings. The molecule has 4 heterocycles. The number of hydrogen-bond donors (Lipinski definition) is 0. The fraction of sp³-hybridized carbons (Fsp3) is 0.0909. The number of para-hydroxylation sites is 3. The van der Waals surface area contributed by atoms with Crippen LogP contribution in [0.25, 0.3) is 60.4 Å². The van der Waals surface area contributed by atoms with Crippen LogP contribution < -0.4 is 11.1 Å². The predicted octanol–water partition coefficient (Wildman–Crippen LogP) is 11.1. The van der Waals surface area contributed by atoms with Gasteiger partial charge >= 0.3 is 0 Å². The van der Waals surface area contributed by atoms with Crippen molar-refractivity contribution in [2.75, 3.05) is 0 Å². The van der Waals surface area contributed by atoms with E-state index in [4.69, 9.17) is 23.2 Å². The zero-order chi connectivity index (χ0) is 36.2. The predicted molar refractivity (Wildman–Crippen MR) is 217 cm³/mol. The Bertz CT molecular complexity index is 2790. The Kier molecular flexibility index (Phi) is 10.1.